The van der Waals surface area contributed by atoms with Crippen LogP contribution in [0.25, 0.3) is 0 Å². The molecular weight excluding hydrogens is 264 g/mol. The zero-order valence-electron chi connectivity index (χ0n) is 13.8. The minimum Gasteiger partial charge on any atom is -0.322 e. The van der Waals surface area contributed by atoms with Crippen molar-refractivity contribution in [2.75, 3.05) is 18.4 Å². The first kappa shape index (κ1) is 16.0. The van der Waals surface area contributed by atoms with E-state index in [0.29, 0.717) is 0 Å². The van der Waals surface area contributed by atoms with Crippen LogP contribution in [0.3, 0.4) is 0 Å². The van der Waals surface area contributed by atoms with Crippen LogP contribution < -0.4 is 5.32 Å². The van der Waals surface area contributed by atoms with Crippen LogP contribution in [0.15, 0.2) is 0 Å². The third kappa shape index (κ3) is 3.84. The molecule has 0 saturated carbocycles. The van der Waals surface area contributed by atoms with E-state index in [1.807, 2.05) is 32.5 Å². The summed E-state index contributed by atoms with van der Waals surface area (Å²) in [4.78, 5) is 14.8. The van der Waals surface area contributed by atoms with Crippen LogP contribution in [-0.4, -0.2) is 39.7 Å². The van der Waals surface area contributed by atoms with E-state index in [9.17, 15) is 4.79 Å². The fraction of sp³-hybridized carbons (Fsp3) is 0.750. The lowest BCUT2D eigenvalue weighted by Crippen LogP contribution is -2.43. The van der Waals surface area contributed by atoms with E-state index in [4.69, 9.17) is 0 Å². The van der Waals surface area contributed by atoms with Crippen LogP contribution in [0, 0.1) is 13.8 Å². The number of amides is 1. The fourth-order valence-electron chi connectivity index (χ4n) is 3.01. The number of hydrogen-bond donors (Lipinski definition) is 1. The molecule has 0 aliphatic carbocycles. The number of nitrogens with one attached hydrogen (secondary N) is 1. The number of likely N-dealkylation sites (tertiary alicyclic amines) is 1. The Morgan fingerprint density at radius 3 is 2.24 bits per heavy atom. The standard InChI is InChI=1S/C16H28N4O/c1-12-15(13(2)19(4)18-12)17-16(21)14(3)20-10-8-6-5-7-9-11-20/h14H,5-11H2,1-4H3,(H,17,21)/t14-/m0/s1. The molecule has 0 unspecified atom stereocenters. The van der Waals surface area contributed by atoms with Gasteiger partial charge in [0.2, 0.25) is 5.91 Å². The lowest BCUT2D eigenvalue weighted by molar-refractivity contribution is -0.120. The molecule has 1 aliphatic rings. The Bertz CT molecular complexity index is 487. The molecule has 0 bridgehead atoms. The van der Waals surface area contributed by atoms with Crippen molar-refractivity contribution >= 4 is 11.6 Å². The van der Waals surface area contributed by atoms with Gasteiger partial charge in [-0.2, -0.15) is 5.10 Å². The monoisotopic (exact) mass is 292 g/mol. The van der Waals surface area contributed by atoms with Crippen LogP contribution in [0.2, 0.25) is 0 Å². The second kappa shape index (κ2) is 7.07. The molecule has 2 heterocycles. The van der Waals surface area contributed by atoms with Crippen LogP contribution >= 0.6 is 0 Å². The molecule has 1 aliphatic heterocycles. The van der Waals surface area contributed by atoms with Crippen LogP contribution in [0.4, 0.5) is 5.69 Å². The van der Waals surface area contributed by atoms with Gasteiger partial charge in [0.1, 0.15) is 0 Å². The molecule has 1 aromatic rings. The Balaban J connectivity index is 2.01. The highest BCUT2D eigenvalue weighted by atomic mass is 16.2. The first-order valence-corrected chi connectivity index (χ1v) is 8.06. The predicted molar refractivity (Wildman–Crippen MR) is 85.4 cm³/mol. The molecule has 1 saturated heterocycles. The highest BCUT2D eigenvalue weighted by Gasteiger charge is 2.23. The molecule has 1 N–H and O–H groups in total. The lowest BCUT2D eigenvalue weighted by Gasteiger charge is -2.29. The second-order valence-corrected chi connectivity index (χ2v) is 6.14. The molecule has 5 nitrogen and oxygen atoms in total. The number of aromatic nitrogens is 2. The minimum atomic E-state index is -0.0814. The predicted octanol–water partition coefficient (Wildman–Crippen LogP) is 2.63. The van der Waals surface area contributed by atoms with Crippen molar-refractivity contribution in [3.8, 4) is 0 Å². The highest BCUT2D eigenvalue weighted by molar-refractivity contribution is 5.95. The van der Waals surface area contributed by atoms with Crippen LogP contribution in [0.1, 0.15) is 50.4 Å². The van der Waals surface area contributed by atoms with Crippen molar-refractivity contribution in [2.24, 2.45) is 7.05 Å². The summed E-state index contributed by atoms with van der Waals surface area (Å²) >= 11 is 0. The van der Waals surface area contributed by atoms with Gasteiger partial charge in [-0.15, -0.1) is 0 Å². The van der Waals surface area contributed by atoms with Gasteiger partial charge in [-0.25, -0.2) is 0 Å². The minimum absolute atomic E-state index is 0.0785. The van der Waals surface area contributed by atoms with Crippen molar-refractivity contribution in [3.63, 3.8) is 0 Å². The fourth-order valence-corrected chi connectivity index (χ4v) is 3.01. The highest BCUT2D eigenvalue weighted by Crippen LogP contribution is 2.20. The van der Waals surface area contributed by atoms with Gasteiger partial charge in [-0.3, -0.25) is 14.4 Å². The van der Waals surface area contributed by atoms with Gasteiger partial charge >= 0.3 is 0 Å². The van der Waals surface area contributed by atoms with Crippen LogP contribution in [-0.2, 0) is 11.8 Å². The molecule has 1 fully saturated rings. The van der Waals surface area contributed by atoms with Crippen molar-refractivity contribution in [3.05, 3.63) is 11.4 Å². The van der Waals surface area contributed by atoms with E-state index < -0.39 is 0 Å². The second-order valence-electron chi connectivity index (χ2n) is 6.14. The normalized spacial score (nSPS) is 18.9. The summed E-state index contributed by atoms with van der Waals surface area (Å²) in [5.41, 5.74) is 2.74. The molecule has 118 valence electrons. The Kier molecular flexibility index (Phi) is 5.39. The average Bonchev–Trinajstić information content (AvgIpc) is 2.64. The maximum Gasteiger partial charge on any atom is 0.241 e. The van der Waals surface area contributed by atoms with Gasteiger partial charge in [0, 0.05) is 7.05 Å². The van der Waals surface area contributed by atoms with Crippen LogP contribution in [0.5, 0.6) is 0 Å². The van der Waals surface area contributed by atoms with E-state index >= 15 is 0 Å². The number of carbonyl (C=O) groups is 1. The molecular formula is C16H28N4O. The van der Waals surface area contributed by atoms with E-state index in [0.717, 1.165) is 30.2 Å². The summed E-state index contributed by atoms with van der Waals surface area (Å²) in [7, 11) is 1.90. The quantitative estimate of drug-likeness (QED) is 0.931. The summed E-state index contributed by atoms with van der Waals surface area (Å²) in [6.45, 7) is 7.98. The number of aryl methyl sites for hydroxylation is 2. The maximum atomic E-state index is 12.5. The molecule has 1 aromatic heterocycles. The molecule has 0 radical (unpaired) electrons. The Morgan fingerprint density at radius 1 is 1.14 bits per heavy atom. The lowest BCUT2D eigenvalue weighted by atomic mass is 10.1. The molecule has 0 spiro atoms. The Morgan fingerprint density at radius 2 is 1.71 bits per heavy atom. The van der Waals surface area contributed by atoms with E-state index in [-0.39, 0.29) is 11.9 Å². The number of carbonyl (C=O) groups excluding carboxylic acids is 1. The summed E-state index contributed by atoms with van der Waals surface area (Å²) in [6.07, 6.45) is 6.30. The summed E-state index contributed by atoms with van der Waals surface area (Å²) < 4.78 is 1.81. The van der Waals surface area contributed by atoms with Gasteiger partial charge in [-0.1, -0.05) is 19.3 Å². The molecule has 1 amide bonds. The average molecular weight is 292 g/mol. The van der Waals surface area contributed by atoms with Gasteiger partial charge in [-0.05, 0) is 46.7 Å². The van der Waals surface area contributed by atoms with E-state index in [1.54, 1.807) is 0 Å². The van der Waals surface area contributed by atoms with Gasteiger partial charge < -0.3 is 5.32 Å². The molecule has 2 rings (SSSR count). The maximum absolute atomic E-state index is 12.5. The zero-order valence-corrected chi connectivity index (χ0v) is 13.8. The first-order chi connectivity index (χ1) is 10.0. The van der Waals surface area contributed by atoms with Gasteiger partial charge in [0.15, 0.2) is 0 Å². The van der Waals surface area contributed by atoms with Gasteiger partial charge in [0.05, 0.1) is 23.1 Å². The Hall–Kier alpha value is -1.36. The number of rotatable bonds is 3. The van der Waals surface area contributed by atoms with Crippen molar-refractivity contribution in [1.29, 1.82) is 0 Å². The zero-order chi connectivity index (χ0) is 15.4. The SMILES string of the molecule is Cc1nn(C)c(C)c1NC(=O)[C@H](C)N1CCCCCCC1. The van der Waals surface area contributed by atoms with Crippen molar-refractivity contribution in [2.45, 2.75) is 58.9 Å². The smallest absolute Gasteiger partial charge is 0.241 e. The largest absolute Gasteiger partial charge is 0.322 e. The van der Waals surface area contributed by atoms with Crippen molar-refractivity contribution < 1.29 is 4.79 Å². The molecule has 5 heteroatoms. The number of anilines is 1. The number of nitrogens with zero attached hydrogens (tertiary/aromatic N) is 3. The third-order valence-corrected chi connectivity index (χ3v) is 4.58. The molecule has 21 heavy (non-hydrogen) atoms. The van der Waals surface area contributed by atoms with Gasteiger partial charge in [0.25, 0.3) is 0 Å². The summed E-state index contributed by atoms with van der Waals surface area (Å²) in [6, 6.07) is -0.0814. The van der Waals surface area contributed by atoms with E-state index in [1.165, 1.54) is 32.1 Å². The Labute approximate surface area is 127 Å². The molecule has 0 aromatic carbocycles. The van der Waals surface area contributed by atoms with Crippen molar-refractivity contribution in [1.82, 2.24) is 14.7 Å². The van der Waals surface area contributed by atoms with E-state index in [2.05, 4.69) is 15.3 Å². The first-order valence-electron chi connectivity index (χ1n) is 8.06. The molecule has 1 atom stereocenters. The summed E-state index contributed by atoms with van der Waals surface area (Å²) in [5.74, 6) is 0.0785. The third-order valence-electron chi connectivity index (χ3n) is 4.58. The number of hydrogen-bond acceptors (Lipinski definition) is 3. The topological polar surface area (TPSA) is 50.2 Å². The summed E-state index contributed by atoms with van der Waals surface area (Å²) in [5, 5.41) is 7.42.